The van der Waals surface area contributed by atoms with Crippen LogP contribution < -0.4 is 10.6 Å². The van der Waals surface area contributed by atoms with E-state index in [-0.39, 0.29) is 5.91 Å². The van der Waals surface area contributed by atoms with Gasteiger partial charge in [0, 0.05) is 39.6 Å². The predicted molar refractivity (Wildman–Crippen MR) is 123 cm³/mol. The minimum atomic E-state index is 0.151. The quantitative estimate of drug-likeness (QED) is 0.533. The predicted octanol–water partition coefficient (Wildman–Crippen LogP) is 2.99. The lowest BCUT2D eigenvalue weighted by molar-refractivity contribution is -0.121. The molecule has 1 aromatic carbocycles. The van der Waals surface area contributed by atoms with Crippen LogP contribution in [-0.4, -0.2) is 61.4 Å². The van der Waals surface area contributed by atoms with Crippen molar-refractivity contribution in [3.63, 3.8) is 0 Å². The molecule has 0 atom stereocenters. The average molecular weight is 414 g/mol. The average Bonchev–Trinajstić information content (AvgIpc) is 2.79. The van der Waals surface area contributed by atoms with Gasteiger partial charge in [-0.05, 0) is 62.7 Å². The minimum absolute atomic E-state index is 0.151. The third-order valence-corrected chi connectivity index (χ3v) is 6.29. The third kappa shape index (κ3) is 7.01. The van der Waals surface area contributed by atoms with Gasteiger partial charge in [0.15, 0.2) is 5.96 Å². The standard InChI is InChI=1S/C24H39N5O/c1-3-26-24(29-15-11-20(12-16-29)17-23(30)25-2)27-18-21-7-9-22(10-8-21)19-28-13-5-4-6-14-28/h7-10,20H,3-6,11-19H2,1-2H3,(H,25,30)(H,26,27). The molecule has 166 valence electrons. The molecule has 6 heteroatoms. The summed E-state index contributed by atoms with van der Waals surface area (Å²) in [5.74, 6) is 1.63. The molecule has 2 saturated heterocycles. The lowest BCUT2D eigenvalue weighted by Crippen LogP contribution is -2.46. The number of nitrogens with one attached hydrogen (secondary N) is 2. The molecule has 30 heavy (non-hydrogen) atoms. The summed E-state index contributed by atoms with van der Waals surface area (Å²) in [6, 6.07) is 8.97. The Balaban J connectivity index is 1.51. The van der Waals surface area contributed by atoms with Crippen LogP contribution in [-0.2, 0) is 17.9 Å². The van der Waals surface area contributed by atoms with Crippen molar-refractivity contribution in [2.75, 3.05) is 39.8 Å². The Labute approximate surface area is 182 Å². The summed E-state index contributed by atoms with van der Waals surface area (Å²) in [5, 5.41) is 6.19. The van der Waals surface area contributed by atoms with Crippen molar-refractivity contribution in [2.24, 2.45) is 10.9 Å². The van der Waals surface area contributed by atoms with Gasteiger partial charge in [-0.3, -0.25) is 9.69 Å². The molecule has 0 unspecified atom stereocenters. The zero-order valence-electron chi connectivity index (χ0n) is 18.8. The molecule has 2 fully saturated rings. The number of carbonyl (C=O) groups is 1. The van der Waals surface area contributed by atoms with Crippen LogP contribution in [0.5, 0.6) is 0 Å². The van der Waals surface area contributed by atoms with E-state index < -0.39 is 0 Å². The van der Waals surface area contributed by atoms with Crippen LogP contribution >= 0.6 is 0 Å². The van der Waals surface area contributed by atoms with Gasteiger partial charge in [0.05, 0.1) is 6.54 Å². The molecule has 0 radical (unpaired) electrons. The molecule has 0 spiro atoms. The van der Waals surface area contributed by atoms with Gasteiger partial charge in [0.1, 0.15) is 0 Å². The van der Waals surface area contributed by atoms with Crippen LogP contribution in [0.1, 0.15) is 56.6 Å². The molecule has 0 aromatic heterocycles. The fourth-order valence-electron chi connectivity index (χ4n) is 4.43. The Kier molecular flexibility index (Phi) is 9.00. The fourth-order valence-corrected chi connectivity index (χ4v) is 4.43. The van der Waals surface area contributed by atoms with Crippen LogP contribution in [0, 0.1) is 5.92 Å². The molecule has 6 nitrogen and oxygen atoms in total. The van der Waals surface area contributed by atoms with Crippen LogP contribution in [0.4, 0.5) is 0 Å². The lowest BCUT2D eigenvalue weighted by atomic mass is 9.93. The van der Waals surface area contributed by atoms with Gasteiger partial charge in [-0.1, -0.05) is 30.7 Å². The van der Waals surface area contributed by atoms with Gasteiger partial charge in [-0.15, -0.1) is 0 Å². The van der Waals surface area contributed by atoms with Gasteiger partial charge in [0.2, 0.25) is 5.91 Å². The van der Waals surface area contributed by atoms with Crippen molar-refractivity contribution in [1.29, 1.82) is 0 Å². The highest BCUT2D eigenvalue weighted by Gasteiger charge is 2.23. The van der Waals surface area contributed by atoms with Gasteiger partial charge in [0.25, 0.3) is 0 Å². The van der Waals surface area contributed by atoms with Crippen molar-refractivity contribution in [3.8, 4) is 0 Å². The highest BCUT2D eigenvalue weighted by atomic mass is 16.1. The second-order valence-electron chi connectivity index (χ2n) is 8.63. The SMILES string of the molecule is CCNC(=NCc1ccc(CN2CCCCC2)cc1)N1CCC(CC(=O)NC)CC1. The number of hydrogen-bond acceptors (Lipinski definition) is 3. The minimum Gasteiger partial charge on any atom is -0.359 e. The molecule has 2 aliphatic heterocycles. The number of piperidine rings is 2. The maximum Gasteiger partial charge on any atom is 0.220 e. The summed E-state index contributed by atoms with van der Waals surface area (Å²) >= 11 is 0. The summed E-state index contributed by atoms with van der Waals surface area (Å²) in [6.45, 7) is 9.14. The van der Waals surface area contributed by atoms with E-state index in [0.717, 1.165) is 45.0 Å². The van der Waals surface area contributed by atoms with Crippen molar-refractivity contribution >= 4 is 11.9 Å². The van der Waals surface area contributed by atoms with Crippen LogP contribution in [0.2, 0.25) is 0 Å². The fraction of sp³-hybridized carbons (Fsp3) is 0.667. The number of amides is 1. The summed E-state index contributed by atoms with van der Waals surface area (Å²) in [4.78, 5) is 21.4. The van der Waals surface area contributed by atoms with E-state index in [9.17, 15) is 4.79 Å². The maximum atomic E-state index is 11.6. The lowest BCUT2D eigenvalue weighted by Gasteiger charge is -2.34. The van der Waals surface area contributed by atoms with Crippen LogP contribution in [0.25, 0.3) is 0 Å². The molecule has 0 aliphatic carbocycles. The number of carbonyl (C=O) groups excluding carboxylic acids is 1. The van der Waals surface area contributed by atoms with E-state index >= 15 is 0 Å². The van der Waals surface area contributed by atoms with Crippen LogP contribution in [0.15, 0.2) is 29.3 Å². The second-order valence-corrected chi connectivity index (χ2v) is 8.63. The van der Waals surface area contributed by atoms with Crippen molar-refractivity contribution in [3.05, 3.63) is 35.4 Å². The Morgan fingerprint density at radius 2 is 1.70 bits per heavy atom. The summed E-state index contributed by atoms with van der Waals surface area (Å²) < 4.78 is 0. The Hall–Kier alpha value is -2.08. The molecule has 2 heterocycles. The highest BCUT2D eigenvalue weighted by Crippen LogP contribution is 2.21. The summed E-state index contributed by atoms with van der Waals surface area (Å²) in [7, 11) is 1.72. The number of nitrogens with zero attached hydrogens (tertiary/aromatic N) is 3. The van der Waals surface area contributed by atoms with E-state index in [1.165, 1.54) is 43.5 Å². The molecular weight excluding hydrogens is 374 g/mol. The summed E-state index contributed by atoms with van der Waals surface area (Å²) in [5.41, 5.74) is 2.65. The number of guanidine groups is 1. The molecule has 3 rings (SSSR count). The normalized spacial score (nSPS) is 19.0. The zero-order chi connectivity index (χ0) is 21.2. The number of rotatable bonds is 7. The van der Waals surface area contributed by atoms with E-state index in [0.29, 0.717) is 18.9 Å². The molecule has 2 aliphatic rings. The van der Waals surface area contributed by atoms with Gasteiger partial charge in [-0.25, -0.2) is 4.99 Å². The largest absolute Gasteiger partial charge is 0.359 e. The second kappa shape index (κ2) is 11.9. The van der Waals surface area contributed by atoms with Crippen molar-refractivity contribution < 1.29 is 4.79 Å². The first-order valence-electron chi connectivity index (χ1n) is 11.7. The topological polar surface area (TPSA) is 60.0 Å². The number of hydrogen-bond donors (Lipinski definition) is 2. The van der Waals surface area contributed by atoms with E-state index in [1.54, 1.807) is 7.05 Å². The van der Waals surface area contributed by atoms with Crippen molar-refractivity contribution in [1.82, 2.24) is 20.4 Å². The van der Waals surface area contributed by atoms with Gasteiger partial charge in [-0.2, -0.15) is 0 Å². The first-order chi connectivity index (χ1) is 14.7. The first-order valence-corrected chi connectivity index (χ1v) is 11.7. The first kappa shape index (κ1) is 22.6. The molecule has 1 aromatic rings. The number of benzene rings is 1. The smallest absolute Gasteiger partial charge is 0.220 e. The van der Waals surface area contributed by atoms with E-state index in [2.05, 4.69) is 51.6 Å². The Morgan fingerprint density at radius 1 is 1.03 bits per heavy atom. The Morgan fingerprint density at radius 3 is 2.33 bits per heavy atom. The zero-order valence-corrected chi connectivity index (χ0v) is 18.8. The molecule has 2 N–H and O–H groups in total. The molecule has 0 saturated carbocycles. The van der Waals surface area contributed by atoms with Gasteiger partial charge >= 0.3 is 0 Å². The monoisotopic (exact) mass is 413 g/mol. The number of aliphatic imine (C=N–C) groups is 1. The summed E-state index contributed by atoms with van der Waals surface area (Å²) in [6.07, 6.45) is 6.79. The van der Waals surface area contributed by atoms with Gasteiger partial charge < -0.3 is 15.5 Å². The molecular formula is C24H39N5O. The third-order valence-electron chi connectivity index (χ3n) is 6.29. The highest BCUT2D eigenvalue weighted by molar-refractivity contribution is 5.80. The number of likely N-dealkylation sites (tertiary alicyclic amines) is 2. The van der Waals surface area contributed by atoms with E-state index in [4.69, 9.17) is 4.99 Å². The molecule has 0 bridgehead atoms. The molecule has 1 amide bonds. The van der Waals surface area contributed by atoms with E-state index in [1.807, 2.05) is 0 Å². The van der Waals surface area contributed by atoms with Crippen molar-refractivity contribution in [2.45, 2.75) is 58.5 Å². The maximum absolute atomic E-state index is 11.6. The Bertz CT molecular complexity index is 673. The van der Waals surface area contributed by atoms with Crippen LogP contribution in [0.3, 0.4) is 0 Å².